The lowest BCUT2D eigenvalue weighted by Gasteiger charge is -1.99. The summed E-state index contributed by atoms with van der Waals surface area (Å²) >= 11 is 0. The first-order valence-corrected chi connectivity index (χ1v) is 6.68. The van der Waals surface area contributed by atoms with Crippen molar-refractivity contribution in [2.45, 2.75) is 12.8 Å². The molecule has 102 valence electrons. The Labute approximate surface area is 119 Å². The summed E-state index contributed by atoms with van der Waals surface area (Å²) in [7, 11) is 1.39. The maximum atomic E-state index is 11.3. The molecule has 2 rings (SSSR count). The third-order valence-electron chi connectivity index (χ3n) is 3.08. The van der Waals surface area contributed by atoms with Crippen LogP contribution >= 0.6 is 0 Å². The molecule has 0 aliphatic heterocycles. The van der Waals surface area contributed by atoms with Gasteiger partial charge in [0, 0.05) is 0 Å². The van der Waals surface area contributed by atoms with E-state index in [2.05, 4.69) is 41.2 Å². The molecular weight excluding hydrogens is 248 g/mol. The third kappa shape index (κ3) is 4.09. The monoisotopic (exact) mass is 266 g/mol. The van der Waals surface area contributed by atoms with E-state index >= 15 is 0 Å². The van der Waals surface area contributed by atoms with Crippen molar-refractivity contribution in [1.29, 1.82) is 0 Å². The summed E-state index contributed by atoms with van der Waals surface area (Å²) < 4.78 is 4.67. The summed E-state index contributed by atoms with van der Waals surface area (Å²) in [5.41, 5.74) is 3.01. The van der Waals surface area contributed by atoms with E-state index in [9.17, 15) is 4.79 Å². The Morgan fingerprint density at radius 1 is 1.05 bits per heavy atom. The highest BCUT2D eigenvalue weighted by Gasteiger charge is 2.02. The predicted octanol–water partition coefficient (Wildman–Crippen LogP) is 4.12. The number of rotatable bonds is 5. The van der Waals surface area contributed by atoms with Gasteiger partial charge in [-0.1, -0.05) is 54.6 Å². The van der Waals surface area contributed by atoms with E-state index in [1.807, 2.05) is 18.2 Å². The molecule has 0 N–H and O–H groups in total. The fourth-order valence-electron chi connectivity index (χ4n) is 1.96. The Bertz CT molecular complexity index is 568. The smallest absolute Gasteiger partial charge is 0.337 e. The molecule has 0 spiro atoms. The summed E-state index contributed by atoms with van der Waals surface area (Å²) in [4.78, 5) is 11.3. The summed E-state index contributed by atoms with van der Waals surface area (Å²) in [5.74, 6) is -0.301. The van der Waals surface area contributed by atoms with E-state index in [1.165, 1.54) is 12.7 Å². The molecule has 2 aromatic carbocycles. The number of carbonyl (C=O) groups is 1. The molecule has 0 bridgehead atoms. The number of hydrogen-bond donors (Lipinski definition) is 0. The number of methoxy groups -OCH3 is 1. The first-order valence-electron chi connectivity index (χ1n) is 6.68. The Balaban J connectivity index is 1.87. The maximum Gasteiger partial charge on any atom is 0.337 e. The molecule has 0 unspecified atom stereocenters. The molecule has 0 atom stereocenters. The Morgan fingerprint density at radius 3 is 2.40 bits per heavy atom. The van der Waals surface area contributed by atoms with Crippen LogP contribution in [0.15, 0.2) is 60.7 Å². The average molecular weight is 266 g/mol. The van der Waals surface area contributed by atoms with Crippen molar-refractivity contribution >= 4 is 12.0 Å². The van der Waals surface area contributed by atoms with Crippen LogP contribution in [-0.2, 0) is 11.2 Å². The summed E-state index contributed by atoms with van der Waals surface area (Å²) in [6, 6.07) is 17.8. The highest BCUT2D eigenvalue weighted by molar-refractivity contribution is 5.89. The topological polar surface area (TPSA) is 26.3 Å². The normalized spacial score (nSPS) is 10.7. The lowest BCUT2D eigenvalue weighted by molar-refractivity contribution is 0.0601. The minimum Gasteiger partial charge on any atom is -0.465 e. The SMILES string of the molecule is COC(=O)c1ccc(/C=C/CCc2ccccc2)cc1. The van der Waals surface area contributed by atoms with Gasteiger partial charge in [-0.2, -0.15) is 0 Å². The Kier molecular flexibility index (Phi) is 5.13. The second kappa shape index (κ2) is 7.29. The van der Waals surface area contributed by atoms with E-state index < -0.39 is 0 Å². The van der Waals surface area contributed by atoms with Crippen LogP contribution in [0.1, 0.15) is 27.9 Å². The highest BCUT2D eigenvalue weighted by Crippen LogP contribution is 2.09. The number of allylic oxidation sites excluding steroid dienone is 1. The van der Waals surface area contributed by atoms with Gasteiger partial charge in [-0.05, 0) is 36.1 Å². The molecule has 0 amide bonds. The van der Waals surface area contributed by atoms with Crippen LogP contribution in [0.5, 0.6) is 0 Å². The van der Waals surface area contributed by atoms with Crippen molar-refractivity contribution in [3.8, 4) is 0 Å². The zero-order valence-electron chi connectivity index (χ0n) is 11.6. The van der Waals surface area contributed by atoms with Crippen LogP contribution in [0, 0.1) is 0 Å². The molecular formula is C18H18O2. The number of carbonyl (C=O) groups excluding carboxylic acids is 1. The molecule has 0 heterocycles. The summed E-state index contributed by atoms with van der Waals surface area (Å²) in [6.45, 7) is 0. The van der Waals surface area contributed by atoms with Crippen LogP contribution in [0.2, 0.25) is 0 Å². The van der Waals surface area contributed by atoms with Crippen LogP contribution in [0.3, 0.4) is 0 Å². The molecule has 0 aromatic heterocycles. The van der Waals surface area contributed by atoms with Crippen molar-refractivity contribution < 1.29 is 9.53 Å². The number of ether oxygens (including phenoxy) is 1. The van der Waals surface area contributed by atoms with Crippen molar-refractivity contribution in [3.05, 3.63) is 77.4 Å². The lowest BCUT2D eigenvalue weighted by atomic mass is 10.1. The van der Waals surface area contributed by atoms with Gasteiger partial charge in [0.05, 0.1) is 12.7 Å². The Morgan fingerprint density at radius 2 is 1.75 bits per heavy atom. The van der Waals surface area contributed by atoms with Gasteiger partial charge >= 0.3 is 5.97 Å². The molecule has 0 aliphatic rings. The summed E-state index contributed by atoms with van der Waals surface area (Å²) in [5, 5.41) is 0. The van der Waals surface area contributed by atoms with Gasteiger partial charge in [-0.3, -0.25) is 0 Å². The fraction of sp³-hybridized carbons (Fsp3) is 0.167. The number of benzene rings is 2. The minimum atomic E-state index is -0.301. The Hall–Kier alpha value is -2.35. The van der Waals surface area contributed by atoms with Crippen LogP contribution in [-0.4, -0.2) is 13.1 Å². The first kappa shape index (κ1) is 14.1. The van der Waals surface area contributed by atoms with Crippen molar-refractivity contribution in [2.75, 3.05) is 7.11 Å². The molecule has 2 nitrogen and oxygen atoms in total. The van der Waals surface area contributed by atoms with E-state index in [1.54, 1.807) is 12.1 Å². The van der Waals surface area contributed by atoms with E-state index in [-0.39, 0.29) is 5.97 Å². The molecule has 0 radical (unpaired) electrons. The molecule has 0 saturated heterocycles. The van der Waals surface area contributed by atoms with Gasteiger partial charge in [0.2, 0.25) is 0 Å². The predicted molar refractivity (Wildman–Crippen MR) is 81.6 cm³/mol. The number of esters is 1. The molecule has 20 heavy (non-hydrogen) atoms. The van der Waals surface area contributed by atoms with E-state index in [4.69, 9.17) is 0 Å². The first-order chi connectivity index (χ1) is 9.79. The standard InChI is InChI=1S/C18H18O2/c1-20-18(19)17-13-11-16(12-14-17)10-6-5-9-15-7-3-2-4-8-15/h2-4,6-8,10-14H,5,9H2,1H3/b10-6+. The lowest BCUT2D eigenvalue weighted by Crippen LogP contribution is -2.00. The van der Waals surface area contributed by atoms with Gasteiger partial charge in [0.25, 0.3) is 0 Å². The van der Waals surface area contributed by atoms with Crippen molar-refractivity contribution in [2.24, 2.45) is 0 Å². The van der Waals surface area contributed by atoms with Crippen LogP contribution in [0.25, 0.3) is 6.08 Å². The minimum absolute atomic E-state index is 0.301. The largest absolute Gasteiger partial charge is 0.465 e. The van der Waals surface area contributed by atoms with E-state index in [0.29, 0.717) is 5.56 Å². The average Bonchev–Trinajstić information content (AvgIpc) is 2.52. The summed E-state index contributed by atoms with van der Waals surface area (Å²) in [6.07, 6.45) is 6.27. The zero-order chi connectivity index (χ0) is 14.2. The zero-order valence-corrected chi connectivity index (χ0v) is 11.6. The molecule has 0 saturated carbocycles. The maximum absolute atomic E-state index is 11.3. The van der Waals surface area contributed by atoms with Gasteiger partial charge < -0.3 is 4.74 Å². The van der Waals surface area contributed by atoms with Crippen LogP contribution in [0.4, 0.5) is 0 Å². The molecule has 0 fully saturated rings. The third-order valence-corrected chi connectivity index (χ3v) is 3.08. The number of hydrogen-bond acceptors (Lipinski definition) is 2. The quantitative estimate of drug-likeness (QED) is 0.761. The van der Waals surface area contributed by atoms with Gasteiger partial charge in [0.1, 0.15) is 0 Å². The fourth-order valence-corrected chi connectivity index (χ4v) is 1.96. The number of aryl methyl sites for hydroxylation is 1. The molecule has 2 heteroatoms. The van der Waals surface area contributed by atoms with Crippen molar-refractivity contribution in [1.82, 2.24) is 0 Å². The molecule has 2 aromatic rings. The van der Waals surface area contributed by atoms with E-state index in [0.717, 1.165) is 18.4 Å². The van der Waals surface area contributed by atoms with Crippen LogP contribution < -0.4 is 0 Å². The van der Waals surface area contributed by atoms with Crippen molar-refractivity contribution in [3.63, 3.8) is 0 Å². The molecule has 0 aliphatic carbocycles. The van der Waals surface area contributed by atoms with Gasteiger partial charge in [-0.15, -0.1) is 0 Å². The highest BCUT2D eigenvalue weighted by atomic mass is 16.5. The second-order valence-corrected chi connectivity index (χ2v) is 4.54. The second-order valence-electron chi connectivity index (χ2n) is 4.54. The van der Waals surface area contributed by atoms with Gasteiger partial charge in [0.15, 0.2) is 0 Å². The van der Waals surface area contributed by atoms with Gasteiger partial charge in [-0.25, -0.2) is 4.79 Å².